The summed E-state index contributed by atoms with van der Waals surface area (Å²) < 4.78 is 23.3. The second kappa shape index (κ2) is 13.0. The summed E-state index contributed by atoms with van der Waals surface area (Å²) in [4.78, 5) is 0. The second-order valence-corrected chi connectivity index (χ2v) is 6.31. The molecule has 1 heterocycles. The molecule has 1 aliphatic heterocycles. The largest absolute Gasteiger partial charge is 0.394 e. The molecule has 0 radical (unpaired) electrons. The highest BCUT2D eigenvalue weighted by Gasteiger charge is 2.47. The minimum absolute atomic E-state index is 0.219. The molecule has 1 rings (SSSR count). The average molecular weight is 348 g/mol. The van der Waals surface area contributed by atoms with E-state index in [-0.39, 0.29) is 6.61 Å². The molecule has 1 saturated heterocycles. The third-order valence-corrected chi connectivity index (χ3v) is 4.21. The van der Waals surface area contributed by atoms with Crippen molar-refractivity contribution < 1.29 is 29.2 Å². The average Bonchev–Trinajstić information content (AvgIpc) is 2.58. The quantitative estimate of drug-likeness (QED) is 0.497. The Balaban J connectivity index is 2.79. The van der Waals surface area contributed by atoms with Crippen LogP contribution >= 0.6 is 0 Å². The van der Waals surface area contributed by atoms with E-state index in [9.17, 15) is 10.2 Å². The van der Waals surface area contributed by atoms with E-state index >= 15 is 0 Å². The van der Waals surface area contributed by atoms with Crippen LogP contribution in [0.1, 0.15) is 59.3 Å². The van der Waals surface area contributed by atoms with Crippen LogP contribution in [0, 0.1) is 0 Å². The van der Waals surface area contributed by atoms with Gasteiger partial charge < -0.3 is 29.2 Å². The zero-order valence-corrected chi connectivity index (χ0v) is 15.5. The van der Waals surface area contributed by atoms with Crippen LogP contribution in [-0.4, -0.2) is 67.3 Å². The van der Waals surface area contributed by atoms with Gasteiger partial charge >= 0.3 is 0 Å². The molecule has 0 amide bonds. The monoisotopic (exact) mass is 348 g/mol. The summed E-state index contributed by atoms with van der Waals surface area (Å²) in [5, 5.41) is 19.9. The first-order valence-corrected chi connectivity index (χ1v) is 9.48. The van der Waals surface area contributed by atoms with Crippen molar-refractivity contribution in [1.82, 2.24) is 0 Å². The van der Waals surface area contributed by atoms with E-state index in [4.69, 9.17) is 18.9 Å². The van der Waals surface area contributed by atoms with Gasteiger partial charge in [-0.25, -0.2) is 0 Å². The van der Waals surface area contributed by atoms with Crippen LogP contribution < -0.4 is 0 Å². The van der Waals surface area contributed by atoms with E-state index in [1.165, 1.54) is 0 Å². The fourth-order valence-electron chi connectivity index (χ4n) is 2.70. The lowest BCUT2D eigenvalue weighted by atomic mass is 9.98. The predicted molar refractivity (Wildman–Crippen MR) is 91.9 cm³/mol. The third-order valence-electron chi connectivity index (χ3n) is 4.21. The Bertz CT molecular complexity index is 301. The number of hydrogen-bond donors (Lipinski definition) is 2. The Morgan fingerprint density at radius 1 is 0.750 bits per heavy atom. The van der Waals surface area contributed by atoms with Gasteiger partial charge in [0.05, 0.1) is 6.61 Å². The van der Waals surface area contributed by atoms with E-state index in [0.717, 1.165) is 38.5 Å². The highest BCUT2D eigenvalue weighted by atomic mass is 16.7. The van der Waals surface area contributed by atoms with Crippen LogP contribution in [0.2, 0.25) is 0 Å². The Kier molecular flexibility index (Phi) is 11.8. The standard InChI is InChI=1S/C18H36O6/c1-4-7-10-21-15-14(13-19)24-18(20)17(23-12-9-6-3)16(15)22-11-8-5-2/h14-20H,4-13H2,1-3H3/t14-,15-,16+,17-,18-/m1/s1. The third kappa shape index (κ3) is 6.94. The molecule has 6 nitrogen and oxygen atoms in total. The molecule has 0 aromatic rings. The lowest BCUT2D eigenvalue weighted by Crippen LogP contribution is -2.61. The van der Waals surface area contributed by atoms with Crippen LogP contribution in [0.4, 0.5) is 0 Å². The summed E-state index contributed by atoms with van der Waals surface area (Å²) in [6, 6.07) is 0. The molecule has 2 N–H and O–H groups in total. The van der Waals surface area contributed by atoms with Gasteiger partial charge in [0, 0.05) is 19.8 Å². The Labute approximate surface area is 146 Å². The Morgan fingerprint density at radius 2 is 1.21 bits per heavy atom. The molecule has 0 aromatic heterocycles. The van der Waals surface area contributed by atoms with Crippen LogP contribution in [0.5, 0.6) is 0 Å². The first-order chi connectivity index (χ1) is 11.7. The second-order valence-electron chi connectivity index (χ2n) is 6.31. The van der Waals surface area contributed by atoms with E-state index in [1.54, 1.807) is 0 Å². The molecule has 6 heteroatoms. The Hall–Kier alpha value is -0.240. The van der Waals surface area contributed by atoms with Crippen molar-refractivity contribution in [3.63, 3.8) is 0 Å². The number of aliphatic hydroxyl groups excluding tert-OH is 2. The zero-order chi connectivity index (χ0) is 17.8. The predicted octanol–water partition coefficient (Wildman–Crippen LogP) is 2.25. The van der Waals surface area contributed by atoms with Crippen LogP contribution in [0.25, 0.3) is 0 Å². The lowest BCUT2D eigenvalue weighted by molar-refractivity contribution is -0.310. The van der Waals surface area contributed by atoms with Gasteiger partial charge in [0.2, 0.25) is 0 Å². The van der Waals surface area contributed by atoms with Crippen LogP contribution in [0.3, 0.4) is 0 Å². The summed E-state index contributed by atoms with van der Waals surface area (Å²) in [6.07, 6.45) is 2.65. The van der Waals surface area contributed by atoms with Gasteiger partial charge in [-0.2, -0.15) is 0 Å². The molecular formula is C18H36O6. The first kappa shape index (κ1) is 21.8. The van der Waals surface area contributed by atoms with E-state index < -0.39 is 30.7 Å². The normalized spacial score (nSPS) is 30.6. The molecular weight excluding hydrogens is 312 g/mol. The van der Waals surface area contributed by atoms with Crippen LogP contribution in [-0.2, 0) is 18.9 Å². The van der Waals surface area contributed by atoms with Gasteiger partial charge in [-0.1, -0.05) is 40.0 Å². The van der Waals surface area contributed by atoms with E-state index in [1.807, 2.05) is 0 Å². The number of aliphatic hydroxyl groups is 2. The molecule has 5 atom stereocenters. The highest BCUT2D eigenvalue weighted by Crippen LogP contribution is 2.27. The number of ether oxygens (including phenoxy) is 4. The van der Waals surface area contributed by atoms with Gasteiger partial charge in [-0.05, 0) is 19.3 Å². The maximum atomic E-state index is 10.3. The molecule has 0 aliphatic carbocycles. The van der Waals surface area contributed by atoms with Gasteiger partial charge in [-0.3, -0.25) is 0 Å². The fraction of sp³-hybridized carbons (Fsp3) is 1.00. The summed E-state index contributed by atoms with van der Waals surface area (Å²) in [5.41, 5.74) is 0. The number of unbranched alkanes of at least 4 members (excludes halogenated alkanes) is 3. The molecule has 1 aliphatic rings. The summed E-state index contributed by atoms with van der Waals surface area (Å²) in [6.45, 7) is 7.76. The Morgan fingerprint density at radius 3 is 1.67 bits per heavy atom. The topological polar surface area (TPSA) is 77.4 Å². The number of rotatable bonds is 13. The maximum absolute atomic E-state index is 10.3. The fourth-order valence-corrected chi connectivity index (χ4v) is 2.70. The molecule has 0 bridgehead atoms. The van der Waals surface area contributed by atoms with E-state index in [0.29, 0.717) is 19.8 Å². The molecule has 144 valence electrons. The lowest BCUT2D eigenvalue weighted by Gasteiger charge is -2.44. The van der Waals surface area contributed by atoms with Gasteiger partial charge in [0.1, 0.15) is 24.4 Å². The number of hydrogen-bond acceptors (Lipinski definition) is 6. The van der Waals surface area contributed by atoms with Crippen molar-refractivity contribution in [3.8, 4) is 0 Å². The van der Waals surface area contributed by atoms with Gasteiger partial charge in [0.25, 0.3) is 0 Å². The summed E-state index contributed by atoms with van der Waals surface area (Å²) in [5.74, 6) is 0. The van der Waals surface area contributed by atoms with Crippen molar-refractivity contribution in [2.75, 3.05) is 26.4 Å². The first-order valence-electron chi connectivity index (χ1n) is 9.48. The van der Waals surface area contributed by atoms with Crippen LogP contribution in [0.15, 0.2) is 0 Å². The SMILES string of the molecule is CCCCO[C@@H]1[C@@H](OCCCC)[C@H](O)O[C@H](CO)[C@H]1OCCCC. The maximum Gasteiger partial charge on any atom is 0.184 e. The molecule has 0 unspecified atom stereocenters. The van der Waals surface area contributed by atoms with Crippen molar-refractivity contribution >= 4 is 0 Å². The molecule has 0 saturated carbocycles. The molecule has 0 spiro atoms. The van der Waals surface area contributed by atoms with Crippen molar-refractivity contribution in [1.29, 1.82) is 0 Å². The molecule has 0 aromatic carbocycles. The highest BCUT2D eigenvalue weighted by molar-refractivity contribution is 4.92. The minimum Gasteiger partial charge on any atom is -0.394 e. The minimum atomic E-state index is -1.11. The van der Waals surface area contributed by atoms with Crippen molar-refractivity contribution in [2.45, 2.75) is 90.0 Å². The molecule has 1 fully saturated rings. The van der Waals surface area contributed by atoms with Gasteiger partial charge in [-0.15, -0.1) is 0 Å². The molecule has 24 heavy (non-hydrogen) atoms. The summed E-state index contributed by atoms with van der Waals surface area (Å²) >= 11 is 0. The van der Waals surface area contributed by atoms with Gasteiger partial charge in [0.15, 0.2) is 6.29 Å². The summed E-state index contributed by atoms with van der Waals surface area (Å²) in [7, 11) is 0. The van der Waals surface area contributed by atoms with Crippen molar-refractivity contribution in [2.24, 2.45) is 0 Å². The smallest absolute Gasteiger partial charge is 0.184 e. The zero-order valence-electron chi connectivity index (χ0n) is 15.5. The van der Waals surface area contributed by atoms with E-state index in [2.05, 4.69) is 20.8 Å². The van der Waals surface area contributed by atoms with Crippen molar-refractivity contribution in [3.05, 3.63) is 0 Å².